The van der Waals surface area contributed by atoms with Gasteiger partial charge >= 0.3 is 29.6 Å². The van der Waals surface area contributed by atoms with Crippen LogP contribution in [0.15, 0.2) is 84.9 Å². The third-order valence-corrected chi connectivity index (χ3v) is 5.14. The van der Waals surface area contributed by atoms with E-state index in [0.717, 1.165) is 11.1 Å². The maximum absolute atomic E-state index is 13.1. The molecule has 0 aliphatic rings. The van der Waals surface area contributed by atoms with Gasteiger partial charge in [0.1, 0.15) is 11.8 Å². The molecule has 0 saturated heterocycles. The smallest absolute Gasteiger partial charge is 0.468 e. The summed E-state index contributed by atoms with van der Waals surface area (Å²) in [4.78, 5) is 25.9. The molecular weight excluding hydrogens is 443 g/mol. The minimum absolute atomic E-state index is 0. The molecule has 34 heavy (non-hydrogen) atoms. The summed E-state index contributed by atoms with van der Waals surface area (Å²) in [7, 11) is 0. The molecule has 0 aliphatic heterocycles. The second kappa shape index (κ2) is 14.6. The quantitative estimate of drug-likeness (QED) is 0.214. The van der Waals surface area contributed by atoms with E-state index in [-0.39, 0.29) is 54.4 Å². The molecule has 172 valence electrons. The SMILES string of the molecule is O=C(N[C@@H](Cc1ccc(OCO)cc1)C(=O)N[C@H](CO)Cc1ccccc1)c1ccccc1.[Na+]. The number of carbonyl (C=O) groups excluding carboxylic acids is 2. The number of carbonyl (C=O) groups is 2. The van der Waals surface area contributed by atoms with Gasteiger partial charge in [-0.05, 0) is 41.8 Å². The molecule has 0 bridgehead atoms. The van der Waals surface area contributed by atoms with Crippen molar-refractivity contribution in [1.82, 2.24) is 10.6 Å². The van der Waals surface area contributed by atoms with Gasteiger partial charge in [0.05, 0.1) is 12.6 Å². The summed E-state index contributed by atoms with van der Waals surface area (Å²) in [5.74, 6) is -0.247. The van der Waals surface area contributed by atoms with E-state index in [9.17, 15) is 14.7 Å². The van der Waals surface area contributed by atoms with Crippen molar-refractivity contribution in [2.75, 3.05) is 13.4 Å². The first kappa shape index (κ1) is 27.6. The van der Waals surface area contributed by atoms with Crippen LogP contribution in [0.5, 0.6) is 5.75 Å². The molecule has 0 aliphatic carbocycles. The summed E-state index contributed by atoms with van der Waals surface area (Å²) >= 11 is 0. The first-order valence-electron chi connectivity index (χ1n) is 10.7. The van der Waals surface area contributed by atoms with E-state index < -0.39 is 18.9 Å². The van der Waals surface area contributed by atoms with Crippen molar-refractivity contribution in [1.29, 1.82) is 0 Å². The van der Waals surface area contributed by atoms with Crippen LogP contribution >= 0.6 is 0 Å². The van der Waals surface area contributed by atoms with E-state index >= 15 is 0 Å². The molecule has 0 saturated carbocycles. The van der Waals surface area contributed by atoms with Crippen LogP contribution in [0.4, 0.5) is 0 Å². The largest absolute Gasteiger partial charge is 1.00 e. The second-order valence-electron chi connectivity index (χ2n) is 7.59. The number of aliphatic hydroxyl groups is 2. The van der Waals surface area contributed by atoms with Gasteiger partial charge in [-0.2, -0.15) is 0 Å². The van der Waals surface area contributed by atoms with E-state index in [1.54, 1.807) is 48.5 Å². The van der Waals surface area contributed by atoms with Crippen molar-refractivity contribution in [3.05, 3.63) is 102 Å². The number of rotatable bonds is 11. The molecule has 2 atom stereocenters. The molecule has 0 fully saturated rings. The maximum Gasteiger partial charge on any atom is 1.00 e. The summed E-state index contributed by atoms with van der Waals surface area (Å²) in [5.41, 5.74) is 2.24. The van der Waals surface area contributed by atoms with Gasteiger partial charge in [0.2, 0.25) is 5.91 Å². The Balaban J connectivity index is 0.00000408. The van der Waals surface area contributed by atoms with Crippen LogP contribution in [0.25, 0.3) is 0 Å². The molecule has 0 spiro atoms. The van der Waals surface area contributed by atoms with Gasteiger partial charge in [-0.1, -0.05) is 60.7 Å². The normalized spacial score (nSPS) is 12.1. The number of benzene rings is 3. The fourth-order valence-corrected chi connectivity index (χ4v) is 3.43. The van der Waals surface area contributed by atoms with Crippen molar-refractivity contribution in [2.45, 2.75) is 24.9 Å². The average molecular weight is 472 g/mol. The van der Waals surface area contributed by atoms with E-state index in [0.29, 0.717) is 17.7 Å². The van der Waals surface area contributed by atoms with Crippen LogP contribution in [0.3, 0.4) is 0 Å². The zero-order valence-electron chi connectivity index (χ0n) is 19.2. The maximum atomic E-state index is 13.1. The Morgan fingerprint density at radius 3 is 1.94 bits per heavy atom. The number of aliphatic hydroxyl groups excluding tert-OH is 2. The number of hydrogen-bond acceptors (Lipinski definition) is 5. The third kappa shape index (κ3) is 8.59. The molecule has 7 nitrogen and oxygen atoms in total. The standard InChI is InChI=1S/C26H28N2O5.Na/c29-17-22(15-19-7-3-1-4-8-19)27-26(32)24(28-25(31)21-9-5-2-6-10-21)16-20-11-13-23(14-12-20)33-18-30;/h1-14,22,24,29-30H,15-18H2,(H,27,32)(H,28,31);/q;+1/t22-,24-;/m0./s1. The Morgan fingerprint density at radius 2 is 1.35 bits per heavy atom. The van der Waals surface area contributed by atoms with Crippen molar-refractivity contribution < 1.29 is 54.1 Å². The molecular formula is C26H28N2NaO5+. The molecule has 0 aromatic heterocycles. The molecule has 4 N–H and O–H groups in total. The summed E-state index contributed by atoms with van der Waals surface area (Å²) in [6, 6.07) is 23.8. The van der Waals surface area contributed by atoms with Gasteiger partial charge in [0, 0.05) is 12.0 Å². The zero-order chi connectivity index (χ0) is 23.5. The van der Waals surface area contributed by atoms with Crippen LogP contribution < -0.4 is 44.9 Å². The molecule has 3 aromatic rings. The van der Waals surface area contributed by atoms with Gasteiger partial charge < -0.3 is 25.6 Å². The monoisotopic (exact) mass is 471 g/mol. The minimum atomic E-state index is -0.855. The summed E-state index contributed by atoms with van der Waals surface area (Å²) in [6.07, 6.45) is 0.711. The van der Waals surface area contributed by atoms with Crippen LogP contribution in [-0.2, 0) is 17.6 Å². The first-order chi connectivity index (χ1) is 16.1. The van der Waals surface area contributed by atoms with Gasteiger partial charge in [-0.25, -0.2) is 0 Å². The molecule has 0 heterocycles. The number of amides is 2. The topological polar surface area (TPSA) is 108 Å². The van der Waals surface area contributed by atoms with E-state index in [1.807, 2.05) is 36.4 Å². The summed E-state index contributed by atoms with van der Waals surface area (Å²) < 4.78 is 5.04. The zero-order valence-corrected chi connectivity index (χ0v) is 21.2. The summed E-state index contributed by atoms with van der Waals surface area (Å²) in [5, 5.41) is 24.4. The van der Waals surface area contributed by atoms with Gasteiger partial charge in [-0.3, -0.25) is 9.59 Å². The van der Waals surface area contributed by atoms with Gasteiger partial charge in [-0.15, -0.1) is 0 Å². The van der Waals surface area contributed by atoms with Crippen LogP contribution in [0, 0.1) is 0 Å². The molecule has 0 radical (unpaired) electrons. The van der Waals surface area contributed by atoms with Crippen molar-refractivity contribution in [3.8, 4) is 5.75 Å². The third-order valence-electron chi connectivity index (χ3n) is 5.14. The first-order valence-corrected chi connectivity index (χ1v) is 10.7. The number of hydrogen-bond donors (Lipinski definition) is 4. The predicted octanol–water partition coefficient (Wildman–Crippen LogP) is -0.920. The van der Waals surface area contributed by atoms with Gasteiger partial charge in [0.25, 0.3) is 5.91 Å². The Labute approximate surface area is 221 Å². The minimum Gasteiger partial charge on any atom is -0.468 e. The second-order valence-corrected chi connectivity index (χ2v) is 7.59. The van der Waals surface area contributed by atoms with E-state index in [1.165, 1.54) is 0 Å². The fourth-order valence-electron chi connectivity index (χ4n) is 3.43. The van der Waals surface area contributed by atoms with Crippen molar-refractivity contribution in [2.24, 2.45) is 0 Å². The van der Waals surface area contributed by atoms with E-state index in [2.05, 4.69) is 10.6 Å². The Morgan fingerprint density at radius 1 is 0.765 bits per heavy atom. The fraction of sp³-hybridized carbons (Fsp3) is 0.231. The predicted molar refractivity (Wildman–Crippen MR) is 125 cm³/mol. The van der Waals surface area contributed by atoms with Crippen molar-refractivity contribution in [3.63, 3.8) is 0 Å². The molecule has 2 amide bonds. The van der Waals surface area contributed by atoms with Crippen molar-refractivity contribution >= 4 is 11.8 Å². The Kier molecular flexibility index (Phi) is 11.8. The summed E-state index contributed by atoms with van der Waals surface area (Å²) in [6.45, 7) is -0.658. The number of ether oxygens (including phenoxy) is 1. The van der Waals surface area contributed by atoms with Crippen LogP contribution in [0.2, 0.25) is 0 Å². The molecule has 3 rings (SSSR count). The van der Waals surface area contributed by atoms with Gasteiger partial charge in [0.15, 0.2) is 6.79 Å². The molecule has 3 aromatic carbocycles. The molecule has 8 heteroatoms. The number of nitrogens with one attached hydrogen (secondary N) is 2. The Bertz CT molecular complexity index is 1020. The average Bonchev–Trinajstić information content (AvgIpc) is 2.85. The molecule has 0 unspecified atom stereocenters. The van der Waals surface area contributed by atoms with Crippen LogP contribution in [-0.4, -0.2) is 47.5 Å². The van der Waals surface area contributed by atoms with E-state index in [4.69, 9.17) is 9.84 Å². The van der Waals surface area contributed by atoms with Crippen LogP contribution in [0.1, 0.15) is 21.5 Å². The Hall–Kier alpha value is -2.68.